The first-order valence-corrected chi connectivity index (χ1v) is 8.17. The zero-order valence-electron chi connectivity index (χ0n) is 13.5. The number of para-hydroxylation sites is 1. The van der Waals surface area contributed by atoms with E-state index in [-0.39, 0.29) is 17.7 Å². The minimum atomic E-state index is -1.17. The number of hydrogen-bond donors (Lipinski definition) is 2. The first-order valence-electron chi connectivity index (χ1n) is 8.17. The summed E-state index contributed by atoms with van der Waals surface area (Å²) in [5.41, 5.74) is -0.388. The molecule has 0 bridgehead atoms. The number of carbonyl (C=O) groups excluding carboxylic acids is 1. The predicted octanol–water partition coefficient (Wildman–Crippen LogP) is 2.34. The molecule has 1 amide bonds. The fourth-order valence-corrected chi connectivity index (χ4v) is 3.34. The van der Waals surface area contributed by atoms with Crippen LogP contribution in [0.25, 0.3) is 11.0 Å². The van der Waals surface area contributed by atoms with Crippen LogP contribution in [-0.2, 0) is 12.0 Å². The van der Waals surface area contributed by atoms with Gasteiger partial charge in [0.25, 0.3) is 5.91 Å². The van der Waals surface area contributed by atoms with Crippen LogP contribution in [0.4, 0.5) is 0 Å². The van der Waals surface area contributed by atoms with Gasteiger partial charge < -0.3 is 19.3 Å². The number of aryl methyl sites for hydroxylation is 1. The van der Waals surface area contributed by atoms with Crippen LogP contribution in [0.3, 0.4) is 0 Å². The highest BCUT2D eigenvalue weighted by Crippen LogP contribution is 2.35. The van der Waals surface area contributed by atoms with Gasteiger partial charge in [-0.25, -0.2) is 0 Å². The van der Waals surface area contributed by atoms with Gasteiger partial charge in [0.1, 0.15) is 16.9 Å². The average Bonchev–Trinajstić information content (AvgIpc) is 3.10. The van der Waals surface area contributed by atoms with Gasteiger partial charge in [0.2, 0.25) is 0 Å². The molecule has 0 saturated carbocycles. The first kappa shape index (κ1) is 15.7. The van der Waals surface area contributed by atoms with E-state index >= 15 is 0 Å². The van der Waals surface area contributed by atoms with Crippen LogP contribution in [0, 0.1) is 0 Å². The SMILES string of the molecule is O=C(NCC1(O)CCCc2occc21)c1cc(=O)c2ccccc2o1. The van der Waals surface area contributed by atoms with Crippen molar-refractivity contribution in [3.8, 4) is 0 Å². The Morgan fingerprint density at radius 1 is 1.28 bits per heavy atom. The highest BCUT2D eigenvalue weighted by atomic mass is 16.3. The van der Waals surface area contributed by atoms with Crippen molar-refractivity contribution in [2.24, 2.45) is 0 Å². The Bertz CT molecular complexity index is 1000. The van der Waals surface area contributed by atoms with E-state index in [1.54, 1.807) is 36.6 Å². The largest absolute Gasteiger partial charge is 0.469 e. The molecular formula is C19H17NO5. The monoisotopic (exact) mass is 339 g/mol. The zero-order valence-corrected chi connectivity index (χ0v) is 13.5. The molecule has 3 aromatic rings. The molecule has 6 heteroatoms. The Morgan fingerprint density at radius 3 is 3.00 bits per heavy atom. The number of carbonyl (C=O) groups is 1. The quantitative estimate of drug-likeness (QED) is 0.764. The minimum absolute atomic E-state index is 0.0227. The molecule has 0 saturated heterocycles. The molecule has 6 nitrogen and oxygen atoms in total. The lowest BCUT2D eigenvalue weighted by Gasteiger charge is -2.31. The molecule has 0 spiro atoms. The fraction of sp³-hybridized carbons (Fsp3) is 0.263. The van der Waals surface area contributed by atoms with Gasteiger partial charge in [-0.1, -0.05) is 12.1 Å². The van der Waals surface area contributed by atoms with Gasteiger partial charge in [0, 0.05) is 18.1 Å². The maximum absolute atomic E-state index is 12.4. The summed E-state index contributed by atoms with van der Waals surface area (Å²) >= 11 is 0. The molecular weight excluding hydrogens is 322 g/mol. The van der Waals surface area contributed by atoms with E-state index in [2.05, 4.69) is 5.32 Å². The summed E-state index contributed by atoms with van der Waals surface area (Å²) in [7, 11) is 0. The molecule has 128 valence electrons. The summed E-state index contributed by atoms with van der Waals surface area (Å²) in [5.74, 6) is 0.141. The van der Waals surface area contributed by atoms with Gasteiger partial charge >= 0.3 is 0 Å². The van der Waals surface area contributed by atoms with Crippen molar-refractivity contribution in [2.45, 2.75) is 24.9 Å². The van der Waals surface area contributed by atoms with Crippen molar-refractivity contribution in [1.29, 1.82) is 0 Å². The molecule has 1 unspecified atom stereocenters. The normalized spacial score (nSPS) is 19.6. The van der Waals surface area contributed by atoms with Crippen molar-refractivity contribution in [3.63, 3.8) is 0 Å². The molecule has 0 fully saturated rings. The second-order valence-electron chi connectivity index (χ2n) is 6.30. The van der Waals surface area contributed by atoms with E-state index in [0.29, 0.717) is 23.0 Å². The molecule has 1 aliphatic carbocycles. The topological polar surface area (TPSA) is 92.7 Å². The average molecular weight is 339 g/mol. The van der Waals surface area contributed by atoms with E-state index in [1.165, 1.54) is 6.07 Å². The maximum Gasteiger partial charge on any atom is 0.287 e. The molecule has 1 aromatic carbocycles. The summed E-state index contributed by atoms with van der Waals surface area (Å²) in [5, 5.41) is 14.0. The van der Waals surface area contributed by atoms with Gasteiger partial charge in [0.05, 0.1) is 18.2 Å². The van der Waals surface area contributed by atoms with E-state index in [4.69, 9.17) is 8.83 Å². The van der Waals surface area contributed by atoms with Crippen LogP contribution in [-0.4, -0.2) is 17.6 Å². The molecule has 0 radical (unpaired) electrons. The van der Waals surface area contributed by atoms with E-state index in [9.17, 15) is 14.7 Å². The number of nitrogens with one attached hydrogen (secondary N) is 1. The van der Waals surface area contributed by atoms with Gasteiger partial charge in [0.15, 0.2) is 11.2 Å². The van der Waals surface area contributed by atoms with Crippen LogP contribution < -0.4 is 10.7 Å². The summed E-state index contributed by atoms with van der Waals surface area (Å²) in [6.45, 7) is 0.0227. The molecule has 1 atom stereocenters. The highest BCUT2D eigenvalue weighted by Gasteiger charge is 2.36. The Hall–Kier alpha value is -2.86. The minimum Gasteiger partial charge on any atom is -0.469 e. The first-order chi connectivity index (χ1) is 12.1. The van der Waals surface area contributed by atoms with Gasteiger partial charge in [-0.3, -0.25) is 9.59 Å². The van der Waals surface area contributed by atoms with Gasteiger partial charge in [-0.05, 0) is 31.0 Å². The van der Waals surface area contributed by atoms with Crippen LogP contribution >= 0.6 is 0 Å². The van der Waals surface area contributed by atoms with Crippen LogP contribution in [0.1, 0.15) is 34.7 Å². The van der Waals surface area contributed by atoms with Crippen molar-refractivity contribution in [2.75, 3.05) is 6.54 Å². The van der Waals surface area contributed by atoms with Crippen molar-refractivity contribution in [3.05, 3.63) is 70.0 Å². The summed E-state index contributed by atoms with van der Waals surface area (Å²) in [4.78, 5) is 24.5. The number of hydrogen-bond acceptors (Lipinski definition) is 5. The number of amides is 1. The van der Waals surface area contributed by atoms with Crippen molar-refractivity contribution in [1.82, 2.24) is 5.32 Å². The number of rotatable bonds is 3. The molecule has 0 aliphatic heterocycles. The number of aliphatic hydroxyl groups is 1. The standard InChI is InChI=1S/C19H17NO5/c21-14-10-17(25-15-5-2-1-4-12(14)15)18(22)20-11-19(23)8-3-6-16-13(19)7-9-24-16/h1-2,4-5,7,9-10,23H,3,6,8,11H2,(H,20,22). The number of benzene rings is 1. The fourth-order valence-electron chi connectivity index (χ4n) is 3.34. The third kappa shape index (κ3) is 2.74. The summed E-state index contributed by atoms with van der Waals surface area (Å²) in [6, 6.07) is 9.66. The zero-order chi connectivity index (χ0) is 17.4. The smallest absolute Gasteiger partial charge is 0.287 e. The second kappa shape index (κ2) is 5.89. The number of furan rings is 1. The Balaban J connectivity index is 1.57. The van der Waals surface area contributed by atoms with E-state index in [1.807, 2.05) is 0 Å². The molecule has 1 aliphatic rings. The van der Waals surface area contributed by atoms with Crippen molar-refractivity contribution >= 4 is 16.9 Å². The van der Waals surface area contributed by atoms with Gasteiger partial charge in [-0.15, -0.1) is 0 Å². The third-order valence-electron chi connectivity index (χ3n) is 4.64. The van der Waals surface area contributed by atoms with Crippen LogP contribution in [0.5, 0.6) is 0 Å². The molecule has 2 heterocycles. The molecule has 2 aromatic heterocycles. The summed E-state index contributed by atoms with van der Waals surface area (Å²) in [6.07, 6.45) is 3.63. The van der Waals surface area contributed by atoms with E-state index in [0.717, 1.165) is 18.6 Å². The lowest BCUT2D eigenvalue weighted by molar-refractivity contribution is 0.0166. The van der Waals surface area contributed by atoms with Crippen LogP contribution in [0.15, 0.2) is 56.3 Å². The molecule has 4 rings (SSSR count). The Morgan fingerprint density at radius 2 is 2.12 bits per heavy atom. The van der Waals surface area contributed by atoms with Crippen molar-refractivity contribution < 1.29 is 18.7 Å². The second-order valence-corrected chi connectivity index (χ2v) is 6.30. The van der Waals surface area contributed by atoms with Gasteiger partial charge in [-0.2, -0.15) is 0 Å². The third-order valence-corrected chi connectivity index (χ3v) is 4.64. The van der Waals surface area contributed by atoms with E-state index < -0.39 is 11.5 Å². The Kier molecular flexibility index (Phi) is 3.69. The maximum atomic E-state index is 12.4. The summed E-state index contributed by atoms with van der Waals surface area (Å²) < 4.78 is 10.9. The highest BCUT2D eigenvalue weighted by molar-refractivity contribution is 5.93. The lowest BCUT2D eigenvalue weighted by atomic mass is 9.83. The molecule has 25 heavy (non-hydrogen) atoms. The Labute approximate surface area is 143 Å². The number of fused-ring (bicyclic) bond motifs is 2. The van der Waals surface area contributed by atoms with Crippen LogP contribution in [0.2, 0.25) is 0 Å². The predicted molar refractivity (Wildman–Crippen MR) is 90.4 cm³/mol. The molecule has 2 N–H and O–H groups in total. The lowest BCUT2D eigenvalue weighted by Crippen LogP contribution is -2.42.